The molecule has 1 heterocycles. The Hall–Kier alpha value is -1.59. The second-order valence-electron chi connectivity index (χ2n) is 5.80. The van der Waals surface area contributed by atoms with Crippen LogP contribution in [-0.4, -0.2) is 38.8 Å². The first kappa shape index (κ1) is 15.8. The Labute approximate surface area is 126 Å². The van der Waals surface area contributed by atoms with E-state index in [-0.39, 0.29) is 11.9 Å². The van der Waals surface area contributed by atoms with Gasteiger partial charge in [-0.15, -0.1) is 0 Å². The van der Waals surface area contributed by atoms with Crippen molar-refractivity contribution in [1.82, 2.24) is 10.6 Å². The van der Waals surface area contributed by atoms with Crippen molar-refractivity contribution in [3.8, 4) is 5.75 Å². The van der Waals surface area contributed by atoms with Gasteiger partial charge in [0, 0.05) is 24.6 Å². The van der Waals surface area contributed by atoms with Crippen LogP contribution >= 0.6 is 0 Å². The van der Waals surface area contributed by atoms with Gasteiger partial charge in [0.05, 0.1) is 25.9 Å². The predicted octanol–water partition coefficient (Wildman–Crippen LogP) is 1.42. The lowest BCUT2D eigenvalue weighted by Crippen LogP contribution is -2.47. The second-order valence-corrected chi connectivity index (χ2v) is 5.80. The highest BCUT2D eigenvalue weighted by molar-refractivity contribution is 5.77. The fourth-order valence-corrected chi connectivity index (χ4v) is 2.60. The van der Waals surface area contributed by atoms with Crippen LogP contribution in [0.15, 0.2) is 24.3 Å². The number of methoxy groups -OCH3 is 1. The molecule has 1 aliphatic rings. The van der Waals surface area contributed by atoms with E-state index in [0.717, 1.165) is 17.9 Å². The summed E-state index contributed by atoms with van der Waals surface area (Å²) in [5, 5.41) is 6.37. The number of hydrogen-bond acceptors (Lipinski definition) is 4. The lowest BCUT2D eigenvalue weighted by Gasteiger charge is -2.30. The molecule has 0 spiro atoms. The number of morpholine rings is 1. The van der Waals surface area contributed by atoms with Crippen molar-refractivity contribution >= 4 is 5.91 Å². The topological polar surface area (TPSA) is 59.6 Å². The van der Waals surface area contributed by atoms with E-state index in [1.54, 1.807) is 7.11 Å². The van der Waals surface area contributed by atoms with Crippen LogP contribution in [0.1, 0.15) is 25.8 Å². The molecule has 1 aliphatic heterocycles. The van der Waals surface area contributed by atoms with Crippen LogP contribution in [0.5, 0.6) is 5.75 Å². The van der Waals surface area contributed by atoms with E-state index in [0.29, 0.717) is 19.6 Å². The highest BCUT2D eigenvalue weighted by Crippen LogP contribution is 2.29. The quantitative estimate of drug-likeness (QED) is 0.862. The van der Waals surface area contributed by atoms with Crippen LogP contribution in [0.2, 0.25) is 0 Å². The van der Waals surface area contributed by atoms with Crippen molar-refractivity contribution < 1.29 is 14.3 Å². The van der Waals surface area contributed by atoms with Gasteiger partial charge in [-0.25, -0.2) is 0 Å². The summed E-state index contributed by atoms with van der Waals surface area (Å²) in [6.45, 7) is 6.06. The van der Waals surface area contributed by atoms with Gasteiger partial charge in [-0.1, -0.05) is 18.2 Å². The summed E-state index contributed by atoms with van der Waals surface area (Å²) >= 11 is 0. The minimum Gasteiger partial charge on any atom is -0.496 e. The Morgan fingerprint density at radius 3 is 2.90 bits per heavy atom. The van der Waals surface area contributed by atoms with Crippen molar-refractivity contribution in [2.45, 2.75) is 31.8 Å². The Morgan fingerprint density at radius 1 is 1.48 bits per heavy atom. The van der Waals surface area contributed by atoms with Crippen LogP contribution in [-0.2, 0) is 15.1 Å². The Morgan fingerprint density at radius 2 is 2.24 bits per heavy atom. The molecule has 21 heavy (non-hydrogen) atoms. The third kappa shape index (κ3) is 4.19. The lowest BCUT2D eigenvalue weighted by atomic mass is 9.93. The van der Waals surface area contributed by atoms with Crippen molar-refractivity contribution in [3.63, 3.8) is 0 Å². The van der Waals surface area contributed by atoms with Gasteiger partial charge < -0.3 is 20.1 Å². The van der Waals surface area contributed by atoms with Gasteiger partial charge in [0.15, 0.2) is 0 Å². The maximum Gasteiger partial charge on any atom is 0.222 e. The standard InChI is InChI=1S/C16H24N2O3/c1-16(2,13-6-4-5-7-14(13)20-3)18-15(19)10-12-11-21-9-8-17-12/h4-7,12,17H,8-11H2,1-3H3,(H,18,19). The predicted molar refractivity (Wildman–Crippen MR) is 81.4 cm³/mol. The van der Waals surface area contributed by atoms with E-state index >= 15 is 0 Å². The number of nitrogens with one attached hydrogen (secondary N) is 2. The van der Waals surface area contributed by atoms with Crippen LogP contribution in [0.4, 0.5) is 0 Å². The molecule has 1 aromatic rings. The second kappa shape index (κ2) is 6.91. The van der Waals surface area contributed by atoms with Gasteiger partial charge in [-0.05, 0) is 19.9 Å². The minimum atomic E-state index is -0.487. The molecular formula is C16H24N2O3. The van der Waals surface area contributed by atoms with Gasteiger partial charge >= 0.3 is 0 Å². The summed E-state index contributed by atoms with van der Waals surface area (Å²) in [7, 11) is 1.64. The molecule has 0 saturated carbocycles. The zero-order valence-electron chi connectivity index (χ0n) is 12.9. The number of para-hydroxylation sites is 1. The average molecular weight is 292 g/mol. The minimum absolute atomic E-state index is 0.00825. The average Bonchev–Trinajstić information content (AvgIpc) is 2.47. The number of ether oxygens (including phenoxy) is 2. The van der Waals surface area contributed by atoms with Gasteiger partial charge in [0.25, 0.3) is 0 Å². The van der Waals surface area contributed by atoms with Crippen LogP contribution in [0.25, 0.3) is 0 Å². The Bertz CT molecular complexity index is 482. The smallest absolute Gasteiger partial charge is 0.222 e. The summed E-state index contributed by atoms with van der Waals surface area (Å²) in [5.41, 5.74) is 0.479. The van der Waals surface area contributed by atoms with Crippen molar-refractivity contribution in [3.05, 3.63) is 29.8 Å². The summed E-state index contributed by atoms with van der Waals surface area (Å²) in [6, 6.07) is 7.83. The van der Waals surface area contributed by atoms with E-state index in [9.17, 15) is 4.79 Å². The number of hydrogen-bond donors (Lipinski definition) is 2. The Balaban J connectivity index is 2.00. The van der Waals surface area contributed by atoms with Gasteiger partial charge in [0.1, 0.15) is 5.75 Å². The Kier molecular flexibility index (Phi) is 5.20. The van der Waals surface area contributed by atoms with E-state index in [4.69, 9.17) is 9.47 Å². The fraction of sp³-hybridized carbons (Fsp3) is 0.562. The molecule has 1 aromatic carbocycles. The maximum atomic E-state index is 12.3. The third-order valence-corrected chi connectivity index (χ3v) is 3.66. The highest BCUT2D eigenvalue weighted by atomic mass is 16.5. The molecule has 0 aromatic heterocycles. The van der Waals surface area contributed by atoms with Gasteiger partial charge in [0.2, 0.25) is 5.91 Å². The number of benzene rings is 1. The summed E-state index contributed by atoms with van der Waals surface area (Å²) in [6.07, 6.45) is 0.415. The molecule has 0 aliphatic carbocycles. The molecule has 1 amide bonds. The number of carbonyl (C=O) groups excluding carboxylic acids is 1. The number of rotatable bonds is 5. The largest absolute Gasteiger partial charge is 0.496 e. The molecule has 1 unspecified atom stereocenters. The molecule has 1 fully saturated rings. The lowest BCUT2D eigenvalue weighted by molar-refractivity contribution is -0.124. The molecule has 2 rings (SSSR count). The molecule has 2 N–H and O–H groups in total. The molecule has 0 bridgehead atoms. The molecular weight excluding hydrogens is 268 g/mol. The van der Waals surface area contributed by atoms with Crippen LogP contribution < -0.4 is 15.4 Å². The van der Waals surface area contributed by atoms with Crippen molar-refractivity contribution in [2.75, 3.05) is 26.9 Å². The SMILES string of the molecule is COc1ccccc1C(C)(C)NC(=O)CC1COCCN1. The van der Waals surface area contributed by atoms with Gasteiger partial charge in [-0.3, -0.25) is 4.79 Å². The van der Waals surface area contributed by atoms with E-state index < -0.39 is 5.54 Å². The maximum absolute atomic E-state index is 12.3. The summed E-state index contributed by atoms with van der Waals surface area (Å²) < 4.78 is 10.8. The molecule has 1 saturated heterocycles. The third-order valence-electron chi connectivity index (χ3n) is 3.66. The molecule has 5 nitrogen and oxygen atoms in total. The normalized spacial score (nSPS) is 19.1. The molecule has 116 valence electrons. The first-order valence-electron chi connectivity index (χ1n) is 7.28. The summed E-state index contributed by atoms with van der Waals surface area (Å²) in [5.74, 6) is 0.788. The first-order chi connectivity index (χ1) is 10.0. The highest BCUT2D eigenvalue weighted by Gasteiger charge is 2.27. The van der Waals surface area contributed by atoms with Crippen molar-refractivity contribution in [1.29, 1.82) is 0 Å². The molecule has 1 atom stereocenters. The van der Waals surface area contributed by atoms with Crippen LogP contribution in [0, 0.1) is 0 Å². The zero-order valence-corrected chi connectivity index (χ0v) is 12.9. The van der Waals surface area contributed by atoms with E-state index in [1.807, 2.05) is 38.1 Å². The molecule has 5 heteroatoms. The van der Waals surface area contributed by atoms with E-state index in [1.165, 1.54) is 0 Å². The monoisotopic (exact) mass is 292 g/mol. The number of carbonyl (C=O) groups is 1. The summed E-state index contributed by atoms with van der Waals surface area (Å²) in [4.78, 5) is 12.3. The van der Waals surface area contributed by atoms with Gasteiger partial charge in [-0.2, -0.15) is 0 Å². The van der Waals surface area contributed by atoms with Crippen molar-refractivity contribution in [2.24, 2.45) is 0 Å². The van der Waals surface area contributed by atoms with E-state index in [2.05, 4.69) is 10.6 Å². The first-order valence-corrected chi connectivity index (χ1v) is 7.28. The number of amides is 1. The fourth-order valence-electron chi connectivity index (χ4n) is 2.60. The zero-order chi connectivity index (χ0) is 15.3. The molecule has 0 radical (unpaired) electrons. The van der Waals surface area contributed by atoms with Crippen LogP contribution in [0.3, 0.4) is 0 Å².